The molecule has 0 radical (unpaired) electrons. The van der Waals surface area contributed by atoms with Crippen LogP contribution in [0.1, 0.15) is 6.92 Å². The van der Waals surface area contributed by atoms with E-state index in [4.69, 9.17) is 4.74 Å². The summed E-state index contributed by atoms with van der Waals surface area (Å²) in [4.78, 5) is 6.26. The SMILES string of the molecule is CCNC(=NCCNS(=O)(=O)c1cccs1)N(C)CCOc1ccccc1F.I. The number of ether oxygens (including phenoxy) is 1. The average molecular weight is 556 g/mol. The Morgan fingerprint density at radius 2 is 2.03 bits per heavy atom. The van der Waals surface area contributed by atoms with Gasteiger partial charge in [-0.15, -0.1) is 35.3 Å². The lowest BCUT2D eigenvalue weighted by Gasteiger charge is -2.22. The fraction of sp³-hybridized carbons (Fsp3) is 0.389. The van der Waals surface area contributed by atoms with Crippen molar-refractivity contribution in [3.05, 3.63) is 47.6 Å². The van der Waals surface area contributed by atoms with Crippen LogP contribution in [0.4, 0.5) is 4.39 Å². The highest BCUT2D eigenvalue weighted by atomic mass is 127. The Kier molecular flexibility index (Phi) is 11.5. The molecule has 1 aromatic heterocycles. The number of sulfonamides is 1. The number of nitrogens with zero attached hydrogens (tertiary/aromatic N) is 2. The highest BCUT2D eigenvalue weighted by molar-refractivity contribution is 14.0. The van der Waals surface area contributed by atoms with Crippen molar-refractivity contribution >= 4 is 51.3 Å². The molecule has 0 amide bonds. The fourth-order valence-corrected chi connectivity index (χ4v) is 4.32. The predicted octanol–water partition coefficient (Wildman–Crippen LogP) is 2.76. The zero-order valence-electron chi connectivity index (χ0n) is 16.3. The van der Waals surface area contributed by atoms with Crippen molar-refractivity contribution in [2.24, 2.45) is 4.99 Å². The second-order valence-electron chi connectivity index (χ2n) is 5.77. The van der Waals surface area contributed by atoms with E-state index in [1.54, 1.807) is 35.7 Å². The van der Waals surface area contributed by atoms with E-state index in [1.165, 1.54) is 17.4 Å². The van der Waals surface area contributed by atoms with Gasteiger partial charge < -0.3 is 15.0 Å². The zero-order valence-corrected chi connectivity index (χ0v) is 20.3. The third-order valence-corrected chi connectivity index (χ3v) is 6.50. The molecule has 0 saturated carbocycles. The summed E-state index contributed by atoms with van der Waals surface area (Å²) in [6, 6.07) is 9.50. The maximum atomic E-state index is 13.6. The van der Waals surface area contributed by atoms with Crippen molar-refractivity contribution < 1.29 is 17.5 Å². The molecule has 29 heavy (non-hydrogen) atoms. The Morgan fingerprint density at radius 3 is 2.69 bits per heavy atom. The van der Waals surface area contributed by atoms with Crippen LogP contribution in [0.5, 0.6) is 5.75 Å². The van der Waals surface area contributed by atoms with Gasteiger partial charge in [0.1, 0.15) is 10.8 Å². The number of para-hydroxylation sites is 1. The van der Waals surface area contributed by atoms with Crippen molar-refractivity contribution in [3.8, 4) is 5.75 Å². The molecule has 0 aliphatic rings. The van der Waals surface area contributed by atoms with Gasteiger partial charge in [-0.3, -0.25) is 4.99 Å². The molecule has 0 spiro atoms. The van der Waals surface area contributed by atoms with Gasteiger partial charge >= 0.3 is 0 Å². The van der Waals surface area contributed by atoms with Gasteiger partial charge in [-0.25, -0.2) is 17.5 Å². The molecule has 162 valence electrons. The Hall–Kier alpha value is -1.44. The molecule has 0 fully saturated rings. The normalized spacial score (nSPS) is 11.6. The van der Waals surface area contributed by atoms with E-state index >= 15 is 0 Å². The third kappa shape index (κ3) is 8.44. The quantitative estimate of drug-likeness (QED) is 0.204. The summed E-state index contributed by atoms with van der Waals surface area (Å²) in [5, 5.41) is 4.86. The molecular weight excluding hydrogens is 530 g/mol. The second-order valence-corrected chi connectivity index (χ2v) is 8.71. The molecule has 1 heterocycles. The maximum Gasteiger partial charge on any atom is 0.250 e. The number of likely N-dealkylation sites (N-methyl/N-ethyl adjacent to an activating group) is 1. The summed E-state index contributed by atoms with van der Waals surface area (Å²) in [5.74, 6) is 0.430. The molecule has 0 bridgehead atoms. The summed E-state index contributed by atoms with van der Waals surface area (Å²) in [7, 11) is -1.65. The Labute approximate surface area is 192 Å². The molecule has 0 aliphatic heterocycles. The Balaban J connectivity index is 0.00000420. The van der Waals surface area contributed by atoms with E-state index in [-0.39, 0.29) is 53.6 Å². The summed E-state index contributed by atoms with van der Waals surface area (Å²) < 4.78 is 46.0. The molecule has 0 unspecified atom stereocenters. The van der Waals surface area contributed by atoms with Gasteiger partial charge in [0.05, 0.1) is 13.1 Å². The number of hydrogen-bond donors (Lipinski definition) is 2. The molecule has 1 aromatic carbocycles. The highest BCUT2D eigenvalue weighted by Crippen LogP contribution is 2.15. The highest BCUT2D eigenvalue weighted by Gasteiger charge is 2.14. The summed E-state index contributed by atoms with van der Waals surface area (Å²) in [5.41, 5.74) is 0. The summed E-state index contributed by atoms with van der Waals surface area (Å²) in [6.45, 7) is 3.85. The van der Waals surface area contributed by atoms with Gasteiger partial charge in [-0.1, -0.05) is 18.2 Å². The van der Waals surface area contributed by atoms with E-state index in [0.29, 0.717) is 19.0 Å². The third-order valence-electron chi connectivity index (χ3n) is 3.64. The molecule has 2 rings (SSSR count). The lowest BCUT2D eigenvalue weighted by atomic mass is 10.3. The average Bonchev–Trinajstić information content (AvgIpc) is 3.21. The minimum atomic E-state index is -3.49. The van der Waals surface area contributed by atoms with E-state index in [2.05, 4.69) is 15.0 Å². The van der Waals surface area contributed by atoms with E-state index in [1.807, 2.05) is 18.9 Å². The minimum absolute atomic E-state index is 0. The number of thiophene rings is 1. The standard InChI is InChI=1S/C18H25FN4O3S2.HI/c1-3-20-18(21-10-11-22-28(24,25)17-9-6-14-27-17)23(2)12-13-26-16-8-5-4-7-15(16)19;/h4-9,14,22H,3,10-13H2,1-2H3,(H,20,21);1H. The van der Waals surface area contributed by atoms with E-state index in [0.717, 1.165) is 0 Å². The number of aliphatic imine (C=N–C) groups is 1. The second kappa shape index (κ2) is 13.0. The largest absolute Gasteiger partial charge is 0.489 e. The van der Waals surface area contributed by atoms with Crippen molar-refractivity contribution in [1.82, 2.24) is 14.9 Å². The van der Waals surface area contributed by atoms with Crippen LogP contribution in [-0.4, -0.2) is 59.1 Å². The van der Waals surface area contributed by atoms with Gasteiger partial charge in [0, 0.05) is 20.1 Å². The van der Waals surface area contributed by atoms with Crippen LogP contribution in [0.25, 0.3) is 0 Å². The van der Waals surface area contributed by atoms with Gasteiger partial charge in [-0.05, 0) is 30.5 Å². The van der Waals surface area contributed by atoms with Gasteiger partial charge in [0.15, 0.2) is 17.5 Å². The van der Waals surface area contributed by atoms with Crippen molar-refractivity contribution in [2.45, 2.75) is 11.1 Å². The number of halogens is 2. The van der Waals surface area contributed by atoms with Crippen LogP contribution >= 0.6 is 35.3 Å². The Bertz CT molecular complexity index is 864. The summed E-state index contributed by atoms with van der Waals surface area (Å²) >= 11 is 1.17. The van der Waals surface area contributed by atoms with Crippen LogP contribution in [0.2, 0.25) is 0 Å². The smallest absolute Gasteiger partial charge is 0.250 e. The van der Waals surface area contributed by atoms with Crippen LogP contribution in [0.3, 0.4) is 0 Å². The molecule has 2 N–H and O–H groups in total. The number of nitrogens with one attached hydrogen (secondary N) is 2. The molecule has 11 heteroatoms. The molecule has 2 aromatic rings. The van der Waals surface area contributed by atoms with E-state index in [9.17, 15) is 12.8 Å². The number of rotatable bonds is 10. The number of benzene rings is 1. The molecule has 0 saturated heterocycles. The minimum Gasteiger partial charge on any atom is -0.489 e. The summed E-state index contributed by atoms with van der Waals surface area (Å²) in [6.07, 6.45) is 0. The van der Waals surface area contributed by atoms with Gasteiger partial charge in [0.2, 0.25) is 10.0 Å². The molecule has 0 atom stereocenters. The lowest BCUT2D eigenvalue weighted by molar-refractivity contribution is 0.270. The monoisotopic (exact) mass is 556 g/mol. The maximum absolute atomic E-state index is 13.6. The first kappa shape index (κ1) is 25.6. The fourth-order valence-electron chi connectivity index (χ4n) is 2.26. The van der Waals surface area contributed by atoms with Crippen molar-refractivity contribution in [1.29, 1.82) is 0 Å². The van der Waals surface area contributed by atoms with Crippen molar-refractivity contribution in [3.63, 3.8) is 0 Å². The first-order valence-electron chi connectivity index (χ1n) is 8.84. The topological polar surface area (TPSA) is 83.0 Å². The number of guanidine groups is 1. The predicted molar refractivity (Wildman–Crippen MR) is 125 cm³/mol. The van der Waals surface area contributed by atoms with Gasteiger partial charge in [-0.2, -0.15) is 0 Å². The van der Waals surface area contributed by atoms with Crippen molar-refractivity contribution in [2.75, 3.05) is 39.8 Å². The van der Waals surface area contributed by atoms with Crippen LogP contribution in [0.15, 0.2) is 51.0 Å². The Morgan fingerprint density at radius 1 is 1.28 bits per heavy atom. The lowest BCUT2D eigenvalue weighted by Crippen LogP contribution is -2.41. The van der Waals surface area contributed by atoms with E-state index < -0.39 is 15.8 Å². The zero-order chi connectivity index (χ0) is 20.4. The first-order chi connectivity index (χ1) is 13.4. The molecular formula is C18H26FIN4O3S2. The number of hydrogen-bond acceptors (Lipinski definition) is 5. The molecule has 7 nitrogen and oxygen atoms in total. The van der Waals surface area contributed by atoms with Crippen LogP contribution in [0, 0.1) is 5.82 Å². The first-order valence-corrected chi connectivity index (χ1v) is 11.2. The molecule has 0 aliphatic carbocycles. The van der Waals surface area contributed by atoms with Crippen LogP contribution < -0.4 is 14.8 Å². The van der Waals surface area contributed by atoms with Gasteiger partial charge in [0.25, 0.3) is 0 Å². The van der Waals surface area contributed by atoms with Crippen LogP contribution in [-0.2, 0) is 10.0 Å².